The highest BCUT2D eigenvalue weighted by Crippen LogP contribution is 2.25. The van der Waals surface area contributed by atoms with E-state index in [1.54, 1.807) is 0 Å². The lowest BCUT2D eigenvalue weighted by Gasteiger charge is -2.14. The lowest BCUT2D eigenvalue weighted by Crippen LogP contribution is -2.29. The molecule has 3 nitrogen and oxygen atoms in total. The molecule has 1 aromatic carbocycles. The first-order valence-corrected chi connectivity index (χ1v) is 9.75. The molecule has 0 saturated heterocycles. The first-order chi connectivity index (χ1) is 11.6. The Bertz CT molecular complexity index is 733. The summed E-state index contributed by atoms with van der Waals surface area (Å²) in [6.07, 6.45) is 9.63. The van der Waals surface area contributed by atoms with Crippen molar-refractivity contribution in [1.82, 2.24) is 9.88 Å². The molecule has 1 aromatic heterocycles. The van der Waals surface area contributed by atoms with Gasteiger partial charge in [-0.2, -0.15) is 0 Å². The zero-order valence-corrected chi connectivity index (χ0v) is 15.9. The van der Waals surface area contributed by atoms with Crippen LogP contribution in [0.5, 0.6) is 0 Å². The van der Waals surface area contributed by atoms with Crippen LogP contribution in [0.15, 0.2) is 22.8 Å². The van der Waals surface area contributed by atoms with Gasteiger partial charge in [0.1, 0.15) is 7.85 Å². The van der Waals surface area contributed by atoms with Crippen molar-refractivity contribution >= 4 is 46.0 Å². The van der Waals surface area contributed by atoms with Gasteiger partial charge in [0.15, 0.2) is 0 Å². The number of aromatic nitrogens is 1. The molecular weight excluding hydrogens is 363 g/mol. The van der Waals surface area contributed by atoms with Crippen LogP contribution < -0.4 is 10.8 Å². The summed E-state index contributed by atoms with van der Waals surface area (Å²) >= 11 is 3.49. The van der Waals surface area contributed by atoms with Crippen molar-refractivity contribution < 1.29 is 4.79 Å². The number of hydrogen-bond donors (Lipinski definition) is 1. The zero-order chi connectivity index (χ0) is 17.1. The summed E-state index contributed by atoms with van der Waals surface area (Å²) in [5.74, 6) is 0.605. The van der Waals surface area contributed by atoms with Gasteiger partial charge in [0.2, 0.25) is 0 Å². The smallest absolute Gasteiger partial charge is 0.253 e. The number of carbonyl (C=O) groups is 1. The van der Waals surface area contributed by atoms with E-state index >= 15 is 0 Å². The maximum Gasteiger partial charge on any atom is 0.253 e. The van der Waals surface area contributed by atoms with Crippen LogP contribution in [0.4, 0.5) is 0 Å². The molecule has 0 unspecified atom stereocenters. The minimum Gasteiger partial charge on any atom is -0.352 e. The number of carbonyl (C=O) groups excluding carboxylic acids is 1. The van der Waals surface area contributed by atoms with E-state index in [-0.39, 0.29) is 5.91 Å². The minimum atomic E-state index is -0.00882. The largest absolute Gasteiger partial charge is 0.352 e. The quantitative estimate of drug-likeness (QED) is 0.627. The lowest BCUT2D eigenvalue weighted by atomic mass is 9.90. The molecule has 0 aliphatic heterocycles. The number of nitrogens with one attached hydrogen (secondary N) is 1. The lowest BCUT2D eigenvalue weighted by molar-refractivity contribution is 0.0947. The molecule has 0 bridgehead atoms. The molecule has 1 saturated carbocycles. The molecule has 126 valence electrons. The highest BCUT2D eigenvalue weighted by molar-refractivity contribution is 9.10. The van der Waals surface area contributed by atoms with Crippen molar-refractivity contribution in [1.29, 1.82) is 0 Å². The maximum absolute atomic E-state index is 12.8. The van der Waals surface area contributed by atoms with Crippen LogP contribution in [0.3, 0.4) is 0 Å². The Morgan fingerprint density at radius 3 is 2.67 bits per heavy atom. The summed E-state index contributed by atoms with van der Waals surface area (Å²) in [5, 5.41) is 4.01. The summed E-state index contributed by atoms with van der Waals surface area (Å²) in [6.45, 7) is 3.65. The molecule has 0 spiro atoms. The molecular formula is C19H24BBrN2O. The molecule has 24 heavy (non-hydrogen) atoms. The monoisotopic (exact) mass is 386 g/mol. The number of fused-ring (bicyclic) bond motifs is 1. The molecule has 1 heterocycles. The van der Waals surface area contributed by atoms with Crippen LogP contribution in [0.1, 0.15) is 55.8 Å². The summed E-state index contributed by atoms with van der Waals surface area (Å²) in [5.41, 5.74) is 2.33. The highest BCUT2D eigenvalue weighted by Gasteiger charge is 2.18. The SMILES string of the molecule is [B]c1cc(Br)cc2c1c(C(=O)NCC1CCCCCC1)cn2CC. The fourth-order valence-electron chi connectivity index (χ4n) is 3.76. The Balaban J connectivity index is 1.81. The van der Waals surface area contributed by atoms with Crippen LogP contribution in [0.2, 0.25) is 0 Å². The number of rotatable bonds is 4. The number of halogens is 1. The van der Waals surface area contributed by atoms with Gasteiger partial charge in [0.05, 0.1) is 5.56 Å². The number of amides is 1. The van der Waals surface area contributed by atoms with Gasteiger partial charge in [-0.1, -0.05) is 53.1 Å². The molecule has 2 radical (unpaired) electrons. The number of aryl methyl sites for hydroxylation is 1. The van der Waals surface area contributed by atoms with Gasteiger partial charge < -0.3 is 9.88 Å². The number of nitrogens with zero attached hydrogens (tertiary/aromatic N) is 1. The van der Waals surface area contributed by atoms with Gasteiger partial charge in [-0.25, -0.2) is 0 Å². The van der Waals surface area contributed by atoms with Crippen LogP contribution in [0.25, 0.3) is 10.9 Å². The molecule has 1 N–H and O–H groups in total. The summed E-state index contributed by atoms with van der Waals surface area (Å²) in [7, 11) is 6.20. The minimum absolute atomic E-state index is 0.00882. The first kappa shape index (κ1) is 17.6. The third-order valence-corrected chi connectivity index (χ3v) is 5.55. The van der Waals surface area contributed by atoms with Crippen LogP contribution in [-0.2, 0) is 6.54 Å². The van der Waals surface area contributed by atoms with E-state index in [0.29, 0.717) is 16.9 Å². The van der Waals surface area contributed by atoms with Crippen molar-refractivity contribution in [3.63, 3.8) is 0 Å². The third kappa shape index (κ3) is 3.71. The van der Waals surface area contributed by atoms with E-state index in [1.807, 2.05) is 18.3 Å². The molecule has 1 amide bonds. The normalized spacial score (nSPS) is 16.2. The van der Waals surface area contributed by atoms with Crippen LogP contribution in [-0.4, -0.2) is 24.9 Å². The second-order valence-corrected chi connectivity index (χ2v) is 7.70. The van der Waals surface area contributed by atoms with Crippen molar-refractivity contribution in [2.75, 3.05) is 6.54 Å². The first-order valence-electron chi connectivity index (χ1n) is 8.96. The van der Waals surface area contributed by atoms with E-state index in [9.17, 15) is 4.79 Å². The van der Waals surface area contributed by atoms with Gasteiger partial charge in [0, 0.05) is 34.7 Å². The maximum atomic E-state index is 12.8. The van der Waals surface area contributed by atoms with Crippen molar-refractivity contribution in [3.05, 3.63) is 28.4 Å². The van der Waals surface area contributed by atoms with Gasteiger partial charge in [-0.3, -0.25) is 4.79 Å². The average Bonchev–Trinajstić information content (AvgIpc) is 2.74. The second-order valence-electron chi connectivity index (χ2n) is 6.79. The molecule has 3 rings (SSSR count). The Morgan fingerprint density at radius 1 is 1.29 bits per heavy atom. The van der Waals surface area contributed by atoms with Gasteiger partial charge in [-0.15, -0.1) is 0 Å². The number of hydrogen-bond acceptors (Lipinski definition) is 1. The van der Waals surface area contributed by atoms with Crippen LogP contribution >= 0.6 is 15.9 Å². The van der Waals surface area contributed by atoms with E-state index in [4.69, 9.17) is 7.85 Å². The van der Waals surface area contributed by atoms with Crippen molar-refractivity contribution in [3.8, 4) is 0 Å². The molecule has 0 atom stereocenters. The summed E-state index contributed by atoms with van der Waals surface area (Å²) in [4.78, 5) is 12.8. The topological polar surface area (TPSA) is 34.0 Å². The fraction of sp³-hybridized carbons (Fsp3) is 0.526. The third-order valence-electron chi connectivity index (χ3n) is 5.09. The summed E-state index contributed by atoms with van der Waals surface area (Å²) < 4.78 is 3.02. The van der Waals surface area contributed by atoms with E-state index in [0.717, 1.165) is 28.5 Å². The Hall–Kier alpha value is -1.23. The molecule has 1 aliphatic rings. The molecule has 2 aromatic rings. The second kappa shape index (κ2) is 7.77. The summed E-state index contributed by atoms with van der Waals surface area (Å²) in [6, 6.07) is 3.89. The van der Waals surface area contributed by atoms with Crippen molar-refractivity contribution in [2.24, 2.45) is 5.92 Å². The van der Waals surface area contributed by atoms with Crippen LogP contribution in [0, 0.1) is 5.92 Å². The predicted octanol–water partition coefficient (Wildman–Crippen LogP) is 3.92. The Morgan fingerprint density at radius 2 is 2.00 bits per heavy atom. The zero-order valence-electron chi connectivity index (χ0n) is 14.3. The fourth-order valence-corrected chi connectivity index (χ4v) is 4.22. The molecule has 1 aliphatic carbocycles. The molecule has 1 fully saturated rings. The van der Waals surface area contributed by atoms with Gasteiger partial charge >= 0.3 is 0 Å². The molecule has 5 heteroatoms. The van der Waals surface area contributed by atoms with E-state index in [1.165, 1.54) is 38.5 Å². The van der Waals surface area contributed by atoms with Gasteiger partial charge in [-0.05, 0) is 31.7 Å². The van der Waals surface area contributed by atoms with Crippen molar-refractivity contribution in [2.45, 2.75) is 52.0 Å². The Labute approximate surface area is 153 Å². The highest BCUT2D eigenvalue weighted by atomic mass is 79.9. The van der Waals surface area contributed by atoms with E-state index < -0.39 is 0 Å². The average molecular weight is 387 g/mol. The van der Waals surface area contributed by atoms with E-state index in [2.05, 4.69) is 32.7 Å². The predicted molar refractivity (Wildman–Crippen MR) is 104 cm³/mol. The Kier molecular flexibility index (Phi) is 5.70. The van der Waals surface area contributed by atoms with Gasteiger partial charge in [0.25, 0.3) is 5.91 Å². The number of benzene rings is 1. The standard InChI is InChI=1S/C19H24BBrN2O/c1-2-23-12-15(18-16(20)9-14(21)10-17(18)23)19(24)22-11-13-7-5-3-4-6-8-13/h9-10,12-13H,2-8,11H2,1H3,(H,22,24).